The number of rotatable bonds is 6. The number of hydrogen-bond donors (Lipinski definition) is 0. The molecule has 3 aromatic rings. The Labute approximate surface area is 175 Å². The lowest BCUT2D eigenvalue weighted by Crippen LogP contribution is -2.45. The summed E-state index contributed by atoms with van der Waals surface area (Å²) < 4.78 is 13.1. The second kappa shape index (κ2) is 8.69. The third-order valence-electron chi connectivity index (χ3n) is 5.40. The molecule has 0 radical (unpaired) electrons. The number of amides is 1. The second-order valence-electron chi connectivity index (χ2n) is 7.53. The number of benzene rings is 1. The molecule has 1 aromatic carbocycles. The van der Waals surface area contributed by atoms with Crippen molar-refractivity contribution in [3.8, 4) is 11.5 Å². The SMILES string of the molecule is CCOc1ccc(O[C@H](C)C(=O)N2CCC[C@@H](c3nn(C)c4nccnc34)C2)cc1. The van der Waals surface area contributed by atoms with Gasteiger partial charge in [0, 0.05) is 38.4 Å². The van der Waals surface area contributed by atoms with Crippen molar-refractivity contribution in [1.29, 1.82) is 0 Å². The Morgan fingerprint density at radius 1 is 1.20 bits per heavy atom. The third-order valence-corrected chi connectivity index (χ3v) is 5.40. The Hall–Kier alpha value is -3.16. The van der Waals surface area contributed by atoms with Gasteiger partial charge in [-0.2, -0.15) is 5.10 Å². The summed E-state index contributed by atoms with van der Waals surface area (Å²) in [5.41, 5.74) is 2.50. The van der Waals surface area contributed by atoms with Crippen LogP contribution in [-0.2, 0) is 11.8 Å². The zero-order valence-electron chi connectivity index (χ0n) is 17.6. The lowest BCUT2D eigenvalue weighted by molar-refractivity contribution is -0.139. The number of hydrogen-bond acceptors (Lipinski definition) is 6. The van der Waals surface area contributed by atoms with Gasteiger partial charge in [0.15, 0.2) is 11.8 Å². The number of likely N-dealkylation sites (tertiary alicyclic amines) is 1. The van der Waals surface area contributed by atoms with Crippen LogP contribution in [-0.4, -0.2) is 56.4 Å². The highest BCUT2D eigenvalue weighted by Crippen LogP contribution is 2.30. The number of fused-ring (bicyclic) bond motifs is 1. The molecule has 3 heterocycles. The lowest BCUT2D eigenvalue weighted by atomic mass is 9.94. The van der Waals surface area contributed by atoms with Crippen LogP contribution in [0.25, 0.3) is 11.2 Å². The highest BCUT2D eigenvalue weighted by molar-refractivity contribution is 5.81. The molecule has 0 unspecified atom stereocenters. The molecule has 1 saturated heterocycles. The average molecular weight is 409 g/mol. The summed E-state index contributed by atoms with van der Waals surface area (Å²) in [5.74, 6) is 1.56. The fourth-order valence-corrected chi connectivity index (χ4v) is 3.97. The van der Waals surface area contributed by atoms with Crippen LogP contribution in [0.15, 0.2) is 36.7 Å². The molecule has 1 fully saturated rings. The van der Waals surface area contributed by atoms with Crippen molar-refractivity contribution in [2.45, 2.75) is 38.7 Å². The Balaban J connectivity index is 1.44. The van der Waals surface area contributed by atoms with Gasteiger partial charge < -0.3 is 14.4 Å². The minimum atomic E-state index is -0.568. The largest absolute Gasteiger partial charge is 0.494 e. The minimum Gasteiger partial charge on any atom is -0.494 e. The fraction of sp³-hybridized carbons (Fsp3) is 0.455. The van der Waals surface area contributed by atoms with E-state index in [2.05, 4.69) is 15.1 Å². The monoisotopic (exact) mass is 409 g/mol. The Kier molecular flexibility index (Phi) is 5.83. The third kappa shape index (κ3) is 4.08. The standard InChI is InChI=1S/C22H27N5O3/c1-4-29-17-7-9-18(10-8-17)30-15(2)22(28)27-13-5-6-16(14-27)19-20-21(26(3)25-19)24-12-11-23-20/h7-12,15-16H,4-6,13-14H2,1-3H3/t15-,16-/m1/s1. The van der Waals surface area contributed by atoms with Crippen LogP contribution in [0.2, 0.25) is 0 Å². The summed E-state index contributed by atoms with van der Waals surface area (Å²) >= 11 is 0. The summed E-state index contributed by atoms with van der Waals surface area (Å²) in [4.78, 5) is 23.8. The van der Waals surface area contributed by atoms with Gasteiger partial charge in [-0.3, -0.25) is 4.79 Å². The van der Waals surface area contributed by atoms with Crippen LogP contribution in [0.4, 0.5) is 0 Å². The fourth-order valence-electron chi connectivity index (χ4n) is 3.97. The van der Waals surface area contributed by atoms with E-state index in [0.717, 1.165) is 42.0 Å². The van der Waals surface area contributed by atoms with Crippen LogP contribution in [0, 0.1) is 0 Å². The van der Waals surface area contributed by atoms with E-state index in [0.29, 0.717) is 18.9 Å². The molecule has 1 aliphatic heterocycles. The number of carbonyl (C=O) groups excluding carboxylic acids is 1. The first-order valence-corrected chi connectivity index (χ1v) is 10.4. The van der Waals surface area contributed by atoms with Crippen molar-refractivity contribution in [2.24, 2.45) is 7.05 Å². The summed E-state index contributed by atoms with van der Waals surface area (Å²) in [6.45, 7) is 5.69. The summed E-state index contributed by atoms with van der Waals surface area (Å²) in [6, 6.07) is 7.35. The quantitative estimate of drug-likeness (QED) is 0.623. The maximum absolute atomic E-state index is 13.0. The Morgan fingerprint density at radius 2 is 1.93 bits per heavy atom. The topological polar surface area (TPSA) is 82.4 Å². The lowest BCUT2D eigenvalue weighted by Gasteiger charge is -2.33. The van der Waals surface area contributed by atoms with Crippen LogP contribution >= 0.6 is 0 Å². The van der Waals surface area contributed by atoms with Crippen molar-refractivity contribution >= 4 is 17.1 Å². The van der Waals surface area contributed by atoms with Crippen molar-refractivity contribution in [1.82, 2.24) is 24.6 Å². The van der Waals surface area contributed by atoms with Crippen LogP contribution in [0.5, 0.6) is 11.5 Å². The highest BCUT2D eigenvalue weighted by atomic mass is 16.5. The first-order chi connectivity index (χ1) is 14.6. The van der Waals surface area contributed by atoms with Crippen LogP contribution in [0.3, 0.4) is 0 Å². The molecule has 8 nitrogen and oxygen atoms in total. The molecule has 2 atom stereocenters. The first kappa shape index (κ1) is 20.1. The van der Waals surface area contributed by atoms with E-state index in [1.807, 2.05) is 43.1 Å². The number of aromatic nitrogens is 4. The molecule has 0 aliphatic carbocycles. The van der Waals surface area contributed by atoms with Gasteiger partial charge in [-0.1, -0.05) is 0 Å². The Bertz CT molecular complexity index is 1020. The van der Waals surface area contributed by atoms with Crippen molar-refractivity contribution in [3.05, 3.63) is 42.4 Å². The van der Waals surface area contributed by atoms with E-state index in [1.165, 1.54) is 0 Å². The van der Waals surface area contributed by atoms with E-state index in [-0.39, 0.29) is 11.8 Å². The van der Waals surface area contributed by atoms with E-state index >= 15 is 0 Å². The van der Waals surface area contributed by atoms with Crippen LogP contribution < -0.4 is 9.47 Å². The van der Waals surface area contributed by atoms with Gasteiger partial charge >= 0.3 is 0 Å². The Morgan fingerprint density at radius 3 is 2.70 bits per heavy atom. The molecule has 0 saturated carbocycles. The van der Waals surface area contributed by atoms with Gasteiger partial charge in [-0.05, 0) is 51.0 Å². The average Bonchev–Trinajstić information content (AvgIpc) is 3.12. The zero-order valence-corrected chi connectivity index (χ0v) is 17.6. The molecule has 0 spiro atoms. The summed E-state index contributed by atoms with van der Waals surface area (Å²) in [5, 5.41) is 4.65. The molecule has 8 heteroatoms. The predicted octanol–water partition coefficient (Wildman–Crippen LogP) is 2.94. The van der Waals surface area contributed by atoms with E-state index < -0.39 is 6.10 Å². The molecular weight excluding hydrogens is 382 g/mol. The van der Waals surface area contributed by atoms with Gasteiger partial charge in [0.1, 0.15) is 17.0 Å². The number of nitrogens with zero attached hydrogens (tertiary/aromatic N) is 5. The summed E-state index contributed by atoms with van der Waals surface area (Å²) in [7, 11) is 1.87. The normalized spacial score (nSPS) is 17.7. The second-order valence-corrected chi connectivity index (χ2v) is 7.53. The van der Waals surface area contributed by atoms with Gasteiger partial charge in [0.25, 0.3) is 5.91 Å². The van der Waals surface area contributed by atoms with E-state index in [1.54, 1.807) is 24.0 Å². The smallest absolute Gasteiger partial charge is 0.263 e. The molecule has 0 bridgehead atoms. The summed E-state index contributed by atoms with van der Waals surface area (Å²) in [6.07, 6.45) is 4.68. The molecule has 0 N–H and O–H groups in total. The zero-order chi connectivity index (χ0) is 21.1. The van der Waals surface area contributed by atoms with Gasteiger partial charge in [0.05, 0.1) is 12.3 Å². The van der Waals surface area contributed by atoms with Crippen LogP contribution in [0.1, 0.15) is 38.3 Å². The van der Waals surface area contributed by atoms with E-state index in [9.17, 15) is 4.79 Å². The first-order valence-electron chi connectivity index (χ1n) is 10.4. The molecule has 158 valence electrons. The van der Waals surface area contributed by atoms with Crippen molar-refractivity contribution in [3.63, 3.8) is 0 Å². The molecule has 1 aliphatic rings. The molecule has 4 rings (SSSR count). The maximum atomic E-state index is 13.0. The maximum Gasteiger partial charge on any atom is 0.263 e. The number of ether oxygens (including phenoxy) is 2. The van der Waals surface area contributed by atoms with Gasteiger partial charge in [-0.25, -0.2) is 14.6 Å². The van der Waals surface area contributed by atoms with E-state index in [4.69, 9.17) is 9.47 Å². The highest BCUT2D eigenvalue weighted by Gasteiger charge is 2.31. The number of piperidine rings is 1. The predicted molar refractivity (Wildman–Crippen MR) is 113 cm³/mol. The minimum absolute atomic E-state index is 0.0140. The molecular formula is C22H27N5O3. The van der Waals surface area contributed by atoms with Gasteiger partial charge in [0.2, 0.25) is 0 Å². The van der Waals surface area contributed by atoms with Crippen molar-refractivity contribution in [2.75, 3.05) is 19.7 Å². The van der Waals surface area contributed by atoms with Crippen molar-refractivity contribution < 1.29 is 14.3 Å². The number of carbonyl (C=O) groups is 1. The molecule has 30 heavy (non-hydrogen) atoms. The number of aryl methyl sites for hydroxylation is 1. The molecule has 2 aromatic heterocycles. The molecule has 1 amide bonds. The van der Waals surface area contributed by atoms with Gasteiger partial charge in [-0.15, -0.1) is 0 Å².